The second-order valence-corrected chi connectivity index (χ2v) is 7.29. The van der Waals surface area contributed by atoms with Gasteiger partial charge in [-0.25, -0.2) is 0 Å². The van der Waals surface area contributed by atoms with E-state index in [2.05, 4.69) is 41.5 Å². The molecule has 15 heavy (non-hydrogen) atoms. The van der Waals surface area contributed by atoms with E-state index in [-0.39, 0.29) is 0 Å². The van der Waals surface area contributed by atoms with E-state index in [9.17, 15) is 0 Å². The van der Waals surface area contributed by atoms with Gasteiger partial charge in [-0.1, -0.05) is 41.5 Å². The zero-order valence-electron chi connectivity index (χ0n) is 11.2. The Hall–Kier alpha value is 0. The molecular formula is C15H26. The summed E-state index contributed by atoms with van der Waals surface area (Å²) in [5.74, 6) is 4.16. The summed E-state index contributed by atoms with van der Waals surface area (Å²) in [6.07, 6.45) is 2.82. The average Bonchev–Trinajstić information content (AvgIpc) is 2.89. The van der Waals surface area contributed by atoms with Gasteiger partial charge in [0.15, 0.2) is 0 Å². The predicted molar refractivity (Wildman–Crippen MR) is 64.5 cm³/mol. The lowest BCUT2D eigenvalue weighted by Crippen LogP contribution is -2.21. The van der Waals surface area contributed by atoms with Crippen LogP contribution in [-0.2, 0) is 0 Å². The van der Waals surface area contributed by atoms with Crippen LogP contribution in [0.5, 0.6) is 0 Å². The second-order valence-electron chi connectivity index (χ2n) is 7.29. The lowest BCUT2D eigenvalue weighted by Gasteiger charge is -2.27. The van der Waals surface area contributed by atoms with E-state index in [0.29, 0.717) is 10.8 Å². The number of hydrogen-bond donors (Lipinski definition) is 0. The second kappa shape index (κ2) is 2.31. The zero-order chi connectivity index (χ0) is 11.2. The largest absolute Gasteiger partial charge is 0.0648 e. The smallest absolute Gasteiger partial charge is 0.0201 e. The van der Waals surface area contributed by atoms with Crippen molar-refractivity contribution in [3.63, 3.8) is 0 Å². The van der Waals surface area contributed by atoms with Gasteiger partial charge in [0, 0.05) is 0 Å². The van der Waals surface area contributed by atoms with Crippen LogP contribution in [0.25, 0.3) is 0 Å². The maximum absolute atomic E-state index is 2.59. The van der Waals surface area contributed by atoms with Crippen LogP contribution in [0.3, 0.4) is 0 Å². The first-order valence-electron chi connectivity index (χ1n) is 6.89. The van der Waals surface area contributed by atoms with Gasteiger partial charge in [-0.15, -0.1) is 0 Å². The summed E-state index contributed by atoms with van der Waals surface area (Å²) in [4.78, 5) is 0. The van der Waals surface area contributed by atoms with Gasteiger partial charge in [0.2, 0.25) is 0 Å². The Balaban J connectivity index is 1.98. The van der Waals surface area contributed by atoms with E-state index in [1.165, 1.54) is 12.8 Å². The summed E-state index contributed by atoms with van der Waals surface area (Å²) in [5, 5.41) is 0. The lowest BCUT2D eigenvalue weighted by atomic mass is 9.77. The maximum Gasteiger partial charge on any atom is -0.0201 e. The molecule has 0 amide bonds. The third-order valence-corrected chi connectivity index (χ3v) is 7.33. The fourth-order valence-electron chi connectivity index (χ4n) is 6.42. The minimum atomic E-state index is 0.676. The summed E-state index contributed by atoms with van der Waals surface area (Å²) in [7, 11) is 0. The van der Waals surface area contributed by atoms with Crippen LogP contribution in [-0.4, -0.2) is 0 Å². The Kier molecular flexibility index (Phi) is 1.57. The quantitative estimate of drug-likeness (QED) is 0.630. The Morgan fingerprint density at radius 1 is 0.933 bits per heavy atom. The topological polar surface area (TPSA) is 0 Å². The summed E-state index contributed by atoms with van der Waals surface area (Å²) < 4.78 is 0. The highest BCUT2D eigenvalue weighted by Crippen LogP contribution is 2.93. The van der Waals surface area contributed by atoms with Crippen molar-refractivity contribution in [2.24, 2.45) is 39.9 Å². The highest BCUT2D eigenvalue weighted by Gasteiger charge is 2.89. The summed E-state index contributed by atoms with van der Waals surface area (Å²) in [6, 6.07) is 0. The van der Waals surface area contributed by atoms with Crippen LogP contribution >= 0.6 is 0 Å². The normalized spacial score (nSPS) is 57.2. The summed E-state index contributed by atoms with van der Waals surface area (Å²) >= 11 is 0. The van der Waals surface area contributed by atoms with Gasteiger partial charge in [0.05, 0.1) is 0 Å². The highest BCUT2D eigenvalue weighted by atomic mass is 14.9. The molecule has 0 aromatic rings. The molecule has 3 fully saturated rings. The Morgan fingerprint density at radius 3 is 1.87 bits per heavy atom. The van der Waals surface area contributed by atoms with Crippen LogP contribution < -0.4 is 0 Å². The first-order valence-corrected chi connectivity index (χ1v) is 6.89. The molecule has 0 saturated heterocycles. The van der Waals surface area contributed by atoms with Crippen LogP contribution in [0.4, 0.5) is 0 Å². The van der Waals surface area contributed by atoms with Gasteiger partial charge < -0.3 is 0 Å². The van der Waals surface area contributed by atoms with Crippen molar-refractivity contribution in [2.45, 2.75) is 54.4 Å². The van der Waals surface area contributed by atoms with Gasteiger partial charge in [-0.05, 0) is 52.8 Å². The van der Waals surface area contributed by atoms with Crippen molar-refractivity contribution in [3.8, 4) is 0 Å². The minimum Gasteiger partial charge on any atom is -0.0648 e. The van der Waals surface area contributed by atoms with Crippen molar-refractivity contribution in [3.05, 3.63) is 0 Å². The van der Waals surface area contributed by atoms with E-state index in [4.69, 9.17) is 0 Å². The molecule has 3 aliphatic rings. The molecule has 0 aliphatic heterocycles. The molecule has 0 N–H and O–H groups in total. The Labute approximate surface area is 94.8 Å². The molecule has 0 aromatic carbocycles. The van der Waals surface area contributed by atoms with E-state index in [1.54, 1.807) is 0 Å². The van der Waals surface area contributed by atoms with Crippen LogP contribution in [0, 0.1) is 39.9 Å². The van der Waals surface area contributed by atoms with Crippen molar-refractivity contribution < 1.29 is 0 Å². The van der Waals surface area contributed by atoms with Gasteiger partial charge in [-0.3, -0.25) is 0 Å². The minimum absolute atomic E-state index is 0.676. The third kappa shape index (κ3) is 0.718. The Bertz CT molecular complexity index is 304. The SMILES string of the molecule is CCC1(CC)C2C3C(C(C)C21C)C3(C)C. The van der Waals surface area contributed by atoms with Crippen molar-refractivity contribution >= 4 is 0 Å². The first-order chi connectivity index (χ1) is 6.89. The van der Waals surface area contributed by atoms with E-state index in [1.807, 2.05) is 0 Å². The van der Waals surface area contributed by atoms with Crippen LogP contribution in [0.2, 0.25) is 0 Å². The van der Waals surface area contributed by atoms with Crippen LogP contribution in [0.1, 0.15) is 54.4 Å². The van der Waals surface area contributed by atoms with Gasteiger partial charge >= 0.3 is 0 Å². The molecule has 86 valence electrons. The number of rotatable bonds is 2. The fraction of sp³-hybridized carbons (Fsp3) is 1.00. The van der Waals surface area contributed by atoms with Gasteiger partial charge in [0.1, 0.15) is 0 Å². The molecule has 0 heterocycles. The monoisotopic (exact) mass is 206 g/mol. The predicted octanol–water partition coefficient (Wildman–Crippen LogP) is 4.35. The van der Waals surface area contributed by atoms with Crippen molar-refractivity contribution in [2.75, 3.05) is 0 Å². The summed E-state index contributed by atoms with van der Waals surface area (Å²) in [5.41, 5.74) is 2.11. The highest BCUT2D eigenvalue weighted by molar-refractivity contribution is 5.36. The summed E-state index contributed by atoms with van der Waals surface area (Å²) in [6.45, 7) is 15.0. The molecule has 0 bridgehead atoms. The molecule has 5 atom stereocenters. The van der Waals surface area contributed by atoms with Crippen molar-refractivity contribution in [1.29, 1.82) is 0 Å². The molecule has 0 nitrogen and oxygen atoms in total. The molecule has 0 radical (unpaired) electrons. The molecule has 3 saturated carbocycles. The average molecular weight is 206 g/mol. The Morgan fingerprint density at radius 2 is 1.47 bits per heavy atom. The molecule has 3 aliphatic carbocycles. The molecular weight excluding hydrogens is 180 g/mol. The van der Waals surface area contributed by atoms with Crippen molar-refractivity contribution in [1.82, 2.24) is 0 Å². The molecule has 5 unspecified atom stereocenters. The molecule has 3 rings (SSSR count). The number of hydrogen-bond acceptors (Lipinski definition) is 0. The zero-order valence-corrected chi connectivity index (χ0v) is 11.2. The lowest BCUT2D eigenvalue weighted by molar-refractivity contribution is 0.211. The maximum atomic E-state index is 2.59. The third-order valence-electron chi connectivity index (χ3n) is 7.33. The van der Waals surface area contributed by atoms with E-state index in [0.717, 1.165) is 29.1 Å². The standard InChI is InChI=1S/C15H26/c1-7-15(8-2)12-11-10(13(11,4)5)9(3)14(12,15)6/h9-12H,7-8H2,1-6H3. The molecule has 0 aromatic heterocycles. The molecule has 0 spiro atoms. The van der Waals surface area contributed by atoms with Crippen LogP contribution in [0.15, 0.2) is 0 Å². The van der Waals surface area contributed by atoms with Gasteiger partial charge in [-0.2, -0.15) is 0 Å². The van der Waals surface area contributed by atoms with E-state index >= 15 is 0 Å². The fourth-order valence-corrected chi connectivity index (χ4v) is 6.42. The first kappa shape index (κ1) is 10.2. The molecule has 0 heteroatoms. The van der Waals surface area contributed by atoms with E-state index < -0.39 is 0 Å². The number of fused-ring (bicyclic) bond motifs is 3. The van der Waals surface area contributed by atoms with Gasteiger partial charge in [0.25, 0.3) is 0 Å².